The molecule has 2 aromatic carbocycles. The molecule has 0 atom stereocenters. The summed E-state index contributed by atoms with van der Waals surface area (Å²) >= 11 is -0.591. The van der Waals surface area contributed by atoms with Crippen LogP contribution in [0.5, 0.6) is 0 Å². The second kappa shape index (κ2) is 4.26. The quantitative estimate of drug-likeness (QED) is 0.350. The summed E-state index contributed by atoms with van der Waals surface area (Å²) in [5.74, 6) is 0. The van der Waals surface area contributed by atoms with Crippen LogP contribution >= 0.6 is 0 Å². The molecule has 7 heteroatoms. The van der Waals surface area contributed by atoms with Crippen LogP contribution in [0.3, 0.4) is 0 Å². The normalized spacial score (nSPS) is 12.2. The van der Waals surface area contributed by atoms with Gasteiger partial charge in [0, 0.05) is 0 Å². The Morgan fingerprint density at radius 1 is 0.789 bits per heavy atom. The minimum atomic E-state index is -0.591. The van der Waals surface area contributed by atoms with Gasteiger partial charge in [-0.2, -0.15) is 0 Å². The third-order valence-corrected chi connectivity index (χ3v) is 5.79. The van der Waals surface area contributed by atoms with E-state index in [4.69, 9.17) is 0 Å². The molecule has 0 spiro atoms. The van der Waals surface area contributed by atoms with Crippen molar-refractivity contribution in [2.75, 3.05) is 0 Å². The number of nitrogens with zero attached hydrogens (tertiary/aromatic N) is 2. The molecule has 0 N–H and O–H groups in total. The van der Waals surface area contributed by atoms with E-state index in [0.29, 0.717) is 11.1 Å². The predicted molar refractivity (Wildman–Crippen MR) is 62.6 cm³/mol. The fourth-order valence-electron chi connectivity index (χ4n) is 2.09. The predicted octanol–water partition coefficient (Wildman–Crippen LogP) is -0.388. The van der Waals surface area contributed by atoms with E-state index in [-0.39, 0.29) is 11.4 Å². The van der Waals surface area contributed by atoms with Crippen LogP contribution in [0, 0.1) is 27.4 Å². The van der Waals surface area contributed by atoms with Crippen LogP contribution in [0.15, 0.2) is 36.4 Å². The molecule has 96 valence electrons. The molecule has 1 heterocycles. The van der Waals surface area contributed by atoms with Crippen LogP contribution in [-0.2, 0) is 0 Å². The third-order valence-electron chi connectivity index (χ3n) is 2.83. The number of nitro benzene ring substituents is 2. The van der Waals surface area contributed by atoms with E-state index in [0.717, 1.165) is 7.14 Å². The molecule has 3 rings (SSSR count). The SMILES string of the molecule is O=[N+]([O-])c1cccc2c1-c1c(cccc1[N+](=O)[O-])[I-]2. The fourth-order valence-corrected chi connectivity index (χ4v) is 5.12. The van der Waals surface area contributed by atoms with Crippen LogP contribution in [0.25, 0.3) is 11.1 Å². The fraction of sp³-hybridized carbons (Fsp3) is 0. The van der Waals surface area contributed by atoms with E-state index in [1.165, 1.54) is 12.1 Å². The molecule has 0 unspecified atom stereocenters. The van der Waals surface area contributed by atoms with Gasteiger partial charge in [0.2, 0.25) is 0 Å². The molecule has 0 radical (unpaired) electrons. The molecule has 0 saturated carbocycles. The molecule has 1 aliphatic rings. The van der Waals surface area contributed by atoms with Gasteiger partial charge in [0.1, 0.15) is 0 Å². The summed E-state index contributed by atoms with van der Waals surface area (Å²) in [5, 5.41) is 22.2. The second-order valence-electron chi connectivity index (χ2n) is 3.88. The van der Waals surface area contributed by atoms with Crippen molar-refractivity contribution in [2.45, 2.75) is 0 Å². The second-order valence-corrected chi connectivity index (χ2v) is 6.74. The van der Waals surface area contributed by atoms with Gasteiger partial charge >= 0.3 is 117 Å². The van der Waals surface area contributed by atoms with E-state index >= 15 is 0 Å². The van der Waals surface area contributed by atoms with Gasteiger partial charge in [0.15, 0.2) is 0 Å². The summed E-state index contributed by atoms with van der Waals surface area (Å²) in [6.07, 6.45) is 0. The molecule has 0 bridgehead atoms. The first-order valence-electron chi connectivity index (χ1n) is 5.29. The summed E-state index contributed by atoms with van der Waals surface area (Å²) in [6.45, 7) is 0. The molecule has 0 amide bonds. The Balaban J connectivity index is 2.38. The van der Waals surface area contributed by atoms with Crippen molar-refractivity contribution >= 4 is 11.4 Å². The van der Waals surface area contributed by atoms with Gasteiger partial charge in [0.05, 0.1) is 0 Å². The van der Waals surface area contributed by atoms with Gasteiger partial charge in [-0.1, -0.05) is 0 Å². The minimum absolute atomic E-state index is 0.0507. The standard InChI is InChI=1S/C12H6IN2O4/c16-14(17)9-5-1-3-7-11(9)12-8(13-7)4-2-6-10(12)15(18)19/h1-6H/q-1. The molecule has 2 aromatic rings. The van der Waals surface area contributed by atoms with Crippen molar-refractivity contribution in [3.05, 3.63) is 63.8 Å². The zero-order chi connectivity index (χ0) is 13.6. The van der Waals surface area contributed by atoms with E-state index < -0.39 is 31.1 Å². The van der Waals surface area contributed by atoms with E-state index in [2.05, 4.69) is 0 Å². The Labute approximate surface area is 117 Å². The molecule has 0 saturated heterocycles. The molecular weight excluding hydrogens is 363 g/mol. The maximum absolute atomic E-state index is 11.1. The van der Waals surface area contributed by atoms with Crippen molar-refractivity contribution in [3.8, 4) is 11.1 Å². The van der Waals surface area contributed by atoms with Crippen molar-refractivity contribution in [3.63, 3.8) is 0 Å². The van der Waals surface area contributed by atoms with E-state index in [1.807, 2.05) is 12.1 Å². The molecule has 1 aliphatic heterocycles. The number of benzene rings is 2. The average molecular weight is 369 g/mol. The van der Waals surface area contributed by atoms with Crippen LogP contribution in [0.2, 0.25) is 0 Å². The zero-order valence-electron chi connectivity index (χ0n) is 9.37. The summed E-state index contributed by atoms with van der Waals surface area (Å²) < 4.78 is 1.75. The van der Waals surface area contributed by atoms with Gasteiger partial charge in [-0.3, -0.25) is 0 Å². The maximum atomic E-state index is 11.1. The monoisotopic (exact) mass is 369 g/mol. The Morgan fingerprint density at radius 3 is 1.58 bits per heavy atom. The van der Waals surface area contributed by atoms with Gasteiger partial charge < -0.3 is 0 Å². The molecule has 19 heavy (non-hydrogen) atoms. The van der Waals surface area contributed by atoms with Gasteiger partial charge in [0.25, 0.3) is 0 Å². The van der Waals surface area contributed by atoms with Crippen molar-refractivity contribution in [1.82, 2.24) is 0 Å². The van der Waals surface area contributed by atoms with Crippen LogP contribution < -0.4 is 21.2 Å². The van der Waals surface area contributed by atoms with Crippen molar-refractivity contribution in [1.29, 1.82) is 0 Å². The first kappa shape index (κ1) is 12.0. The summed E-state index contributed by atoms with van der Waals surface area (Å²) in [4.78, 5) is 21.2. The Morgan fingerprint density at radius 2 is 1.21 bits per heavy atom. The Kier molecular flexibility index (Phi) is 2.70. The molecule has 6 nitrogen and oxygen atoms in total. The van der Waals surface area contributed by atoms with E-state index in [1.54, 1.807) is 12.1 Å². The average Bonchev–Trinajstić information content (AvgIpc) is 2.76. The van der Waals surface area contributed by atoms with Crippen LogP contribution in [-0.4, -0.2) is 9.85 Å². The molecular formula is C12H6IN2O4-. The third kappa shape index (κ3) is 1.77. The molecule has 0 aromatic heterocycles. The van der Waals surface area contributed by atoms with E-state index in [9.17, 15) is 20.2 Å². The summed E-state index contributed by atoms with van der Waals surface area (Å²) in [7, 11) is 0. The Hall–Kier alpha value is -2.03. The van der Waals surface area contributed by atoms with Gasteiger partial charge in [-0.25, -0.2) is 0 Å². The van der Waals surface area contributed by atoms with Gasteiger partial charge in [-0.05, 0) is 0 Å². The Bertz CT molecular complexity index is 668. The number of rotatable bonds is 2. The number of fused-ring (bicyclic) bond motifs is 3. The van der Waals surface area contributed by atoms with Crippen LogP contribution in [0.4, 0.5) is 11.4 Å². The molecule has 0 aliphatic carbocycles. The van der Waals surface area contributed by atoms with Crippen molar-refractivity contribution < 1.29 is 31.1 Å². The number of halogens is 1. The number of hydrogen-bond acceptors (Lipinski definition) is 4. The topological polar surface area (TPSA) is 86.3 Å². The first-order chi connectivity index (χ1) is 9.09. The zero-order valence-corrected chi connectivity index (χ0v) is 11.5. The summed E-state index contributed by atoms with van der Waals surface area (Å²) in [6, 6.07) is 9.70. The number of nitro groups is 2. The molecule has 0 fully saturated rings. The first-order valence-corrected chi connectivity index (χ1v) is 7.45. The summed E-state index contributed by atoms with van der Waals surface area (Å²) in [5.41, 5.74) is 0.765. The number of hydrogen-bond donors (Lipinski definition) is 0. The van der Waals surface area contributed by atoms with Crippen molar-refractivity contribution in [2.24, 2.45) is 0 Å². The van der Waals surface area contributed by atoms with Crippen LogP contribution in [0.1, 0.15) is 0 Å². The van der Waals surface area contributed by atoms with Gasteiger partial charge in [-0.15, -0.1) is 0 Å².